The summed E-state index contributed by atoms with van der Waals surface area (Å²) < 4.78 is 5.33. The van der Waals surface area contributed by atoms with Gasteiger partial charge < -0.3 is 10.1 Å². The summed E-state index contributed by atoms with van der Waals surface area (Å²) in [5.74, 6) is 0.782. The van der Waals surface area contributed by atoms with Crippen LogP contribution in [0.1, 0.15) is 49.3 Å². The molecule has 1 aromatic rings. The van der Waals surface area contributed by atoms with E-state index in [2.05, 4.69) is 36.5 Å². The molecule has 0 bridgehead atoms. The molecule has 0 radical (unpaired) electrons. The zero-order valence-electron chi connectivity index (χ0n) is 10.9. The Kier molecular flexibility index (Phi) is 4.57. The maximum atomic E-state index is 5.33. The van der Waals surface area contributed by atoms with Gasteiger partial charge in [0.15, 0.2) is 0 Å². The van der Waals surface area contributed by atoms with E-state index < -0.39 is 0 Å². The van der Waals surface area contributed by atoms with E-state index in [1.807, 2.05) is 0 Å². The number of benzene rings is 1. The van der Waals surface area contributed by atoms with Crippen molar-refractivity contribution in [3.8, 4) is 0 Å². The summed E-state index contributed by atoms with van der Waals surface area (Å²) >= 11 is 0. The molecule has 1 unspecified atom stereocenters. The highest BCUT2D eigenvalue weighted by Crippen LogP contribution is 2.39. The molecule has 17 heavy (non-hydrogen) atoms. The van der Waals surface area contributed by atoms with Crippen molar-refractivity contribution in [1.82, 2.24) is 5.32 Å². The third-order valence-corrected chi connectivity index (χ3v) is 3.70. The van der Waals surface area contributed by atoms with Gasteiger partial charge in [-0.3, -0.25) is 0 Å². The zero-order valence-corrected chi connectivity index (χ0v) is 10.9. The van der Waals surface area contributed by atoms with E-state index in [9.17, 15) is 0 Å². The Hall–Kier alpha value is -0.860. The van der Waals surface area contributed by atoms with E-state index in [0.29, 0.717) is 6.04 Å². The molecular weight excluding hydrogens is 210 g/mol. The SMILES string of the molecule is CCNC(COC)c1ccccc1C1CCC1. The van der Waals surface area contributed by atoms with Gasteiger partial charge >= 0.3 is 0 Å². The van der Waals surface area contributed by atoms with Crippen LogP contribution in [0.25, 0.3) is 0 Å². The van der Waals surface area contributed by atoms with Crippen molar-refractivity contribution >= 4 is 0 Å². The minimum atomic E-state index is 0.335. The Balaban J connectivity index is 2.21. The van der Waals surface area contributed by atoms with Gasteiger partial charge in [-0.2, -0.15) is 0 Å². The van der Waals surface area contributed by atoms with E-state index in [1.54, 1.807) is 7.11 Å². The van der Waals surface area contributed by atoms with Gasteiger partial charge in [0.1, 0.15) is 0 Å². The normalized spacial score (nSPS) is 17.8. The third kappa shape index (κ3) is 2.88. The smallest absolute Gasteiger partial charge is 0.0657 e. The number of methoxy groups -OCH3 is 1. The maximum Gasteiger partial charge on any atom is 0.0657 e. The first-order valence-corrected chi connectivity index (χ1v) is 6.68. The second-order valence-electron chi connectivity index (χ2n) is 4.82. The van der Waals surface area contributed by atoms with E-state index >= 15 is 0 Å². The zero-order chi connectivity index (χ0) is 12.1. The lowest BCUT2D eigenvalue weighted by molar-refractivity contribution is 0.167. The summed E-state index contributed by atoms with van der Waals surface area (Å²) in [5.41, 5.74) is 2.96. The van der Waals surface area contributed by atoms with Crippen LogP contribution in [-0.2, 0) is 4.74 Å². The highest BCUT2D eigenvalue weighted by atomic mass is 16.5. The van der Waals surface area contributed by atoms with E-state index in [0.717, 1.165) is 19.1 Å². The quantitative estimate of drug-likeness (QED) is 0.814. The highest BCUT2D eigenvalue weighted by molar-refractivity contribution is 5.34. The third-order valence-electron chi connectivity index (χ3n) is 3.70. The van der Waals surface area contributed by atoms with Crippen LogP contribution in [0.5, 0.6) is 0 Å². The molecular formula is C15H23NO. The molecule has 2 rings (SSSR count). The molecule has 2 nitrogen and oxygen atoms in total. The van der Waals surface area contributed by atoms with Crippen molar-refractivity contribution in [1.29, 1.82) is 0 Å². The van der Waals surface area contributed by atoms with Gasteiger partial charge in [-0.25, -0.2) is 0 Å². The highest BCUT2D eigenvalue weighted by Gasteiger charge is 2.24. The fraction of sp³-hybridized carbons (Fsp3) is 0.600. The van der Waals surface area contributed by atoms with Crippen molar-refractivity contribution in [3.63, 3.8) is 0 Å². The van der Waals surface area contributed by atoms with E-state index in [4.69, 9.17) is 4.74 Å². The number of likely N-dealkylation sites (N-methyl/N-ethyl adjacent to an activating group) is 1. The Labute approximate surface area is 104 Å². The molecule has 94 valence electrons. The number of ether oxygens (including phenoxy) is 1. The lowest BCUT2D eigenvalue weighted by atomic mass is 9.77. The van der Waals surface area contributed by atoms with Crippen molar-refractivity contribution < 1.29 is 4.74 Å². The standard InChI is InChI=1S/C15H23NO/c1-3-16-15(11-17-2)14-10-5-4-9-13(14)12-7-6-8-12/h4-5,9-10,12,15-16H,3,6-8,11H2,1-2H3. The average molecular weight is 233 g/mol. The Bertz CT molecular complexity index is 341. The average Bonchev–Trinajstić information content (AvgIpc) is 2.27. The molecule has 1 aliphatic rings. The van der Waals surface area contributed by atoms with Crippen LogP contribution >= 0.6 is 0 Å². The summed E-state index contributed by atoms with van der Waals surface area (Å²) in [6.07, 6.45) is 4.08. The molecule has 0 aromatic heterocycles. The minimum Gasteiger partial charge on any atom is -0.383 e. The van der Waals surface area contributed by atoms with Crippen molar-refractivity contribution in [2.75, 3.05) is 20.3 Å². The molecule has 1 atom stereocenters. The van der Waals surface area contributed by atoms with Gasteiger partial charge in [-0.05, 0) is 36.4 Å². The molecule has 0 amide bonds. The van der Waals surface area contributed by atoms with E-state index in [-0.39, 0.29) is 0 Å². The van der Waals surface area contributed by atoms with Crippen molar-refractivity contribution in [2.45, 2.75) is 38.1 Å². The molecule has 0 aliphatic heterocycles. The predicted molar refractivity (Wildman–Crippen MR) is 71.3 cm³/mol. The summed E-state index contributed by atoms with van der Waals surface area (Å²) in [4.78, 5) is 0. The second-order valence-corrected chi connectivity index (χ2v) is 4.82. The monoisotopic (exact) mass is 233 g/mol. The van der Waals surface area contributed by atoms with Gasteiger partial charge in [-0.15, -0.1) is 0 Å². The molecule has 1 aliphatic carbocycles. The number of hydrogen-bond donors (Lipinski definition) is 1. The van der Waals surface area contributed by atoms with Crippen LogP contribution in [-0.4, -0.2) is 20.3 Å². The fourth-order valence-electron chi connectivity index (χ4n) is 2.59. The summed E-state index contributed by atoms with van der Waals surface area (Å²) in [7, 11) is 1.77. The van der Waals surface area contributed by atoms with Gasteiger partial charge in [0.25, 0.3) is 0 Å². The predicted octanol–water partition coefficient (Wildman–Crippen LogP) is 3.25. The first kappa shape index (κ1) is 12.6. The Morgan fingerprint density at radius 1 is 1.35 bits per heavy atom. The molecule has 2 heteroatoms. The van der Waals surface area contributed by atoms with Crippen LogP contribution in [0.4, 0.5) is 0 Å². The molecule has 1 aromatic carbocycles. The van der Waals surface area contributed by atoms with Gasteiger partial charge in [0.05, 0.1) is 12.6 Å². The van der Waals surface area contributed by atoms with Crippen LogP contribution in [0.3, 0.4) is 0 Å². The Morgan fingerprint density at radius 3 is 2.71 bits per heavy atom. The van der Waals surface area contributed by atoms with Crippen LogP contribution in [0, 0.1) is 0 Å². The molecule has 1 saturated carbocycles. The fourth-order valence-corrected chi connectivity index (χ4v) is 2.59. The van der Waals surface area contributed by atoms with E-state index in [1.165, 1.54) is 30.4 Å². The van der Waals surface area contributed by atoms with Gasteiger partial charge in [-0.1, -0.05) is 37.6 Å². The summed E-state index contributed by atoms with van der Waals surface area (Å²) in [6.45, 7) is 3.87. The number of nitrogens with one attached hydrogen (secondary N) is 1. The topological polar surface area (TPSA) is 21.3 Å². The number of rotatable bonds is 6. The summed E-state index contributed by atoms with van der Waals surface area (Å²) in [5, 5.41) is 3.52. The van der Waals surface area contributed by atoms with Crippen LogP contribution in [0.15, 0.2) is 24.3 Å². The largest absolute Gasteiger partial charge is 0.383 e. The Morgan fingerprint density at radius 2 is 2.12 bits per heavy atom. The lowest BCUT2D eigenvalue weighted by Gasteiger charge is -2.30. The minimum absolute atomic E-state index is 0.335. The molecule has 1 N–H and O–H groups in total. The van der Waals surface area contributed by atoms with Crippen molar-refractivity contribution in [2.24, 2.45) is 0 Å². The molecule has 1 fully saturated rings. The maximum absolute atomic E-state index is 5.33. The molecule has 0 spiro atoms. The summed E-state index contributed by atoms with van der Waals surface area (Å²) in [6, 6.07) is 9.17. The molecule has 0 heterocycles. The second kappa shape index (κ2) is 6.18. The molecule has 0 saturated heterocycles. The van der Waals surface area contributed by atoms with Gasteiger partial charge in [0.2, 0.25) is 0 Å². The lowest BCUT2D eigenvalue weighted by Crippen LogP contribution is -2.27. The van der Waals surface area contributed by atoms with Crippen molar-refractivity contribution in [3.05, 3.63) is 35.4 Å². The van der Waals surface area contributed by atoms with Gasteiger partial charge in [0, 0.05) is 7.11 Å². The van der Waals surface area contributed by atoms with Crippen LogP contribution in [0.2, 0.25) is 0 Å². The number of hydrogen-bond acceptors (Lipinski definition) is 2. The first-order valence-electron chi connectivity index (χ1n) is 6.68. The first-order chi connectivity index (χ1) is 8.36. The van der Waals surface area contributed by atoms with Crippen LogP contribution < -0.4 is 5.32 Å².